The van der Waals surface area contributed by atoms with Crippen molar-refractivity contribution in [1.29, 1.82) is 5.41 Å². The molecule has 2 aliphatic heterocycles. The number of hydrogen-bond donors (Lipinski definition) is 4. The predicted molar refractivity (Wildman–Crippen MR) is 81.1 cm³/mol. The summed E-state index contributed by atoms with van der Waals surface area (Å²) in [4.78, 5) is 4.30. The number of phenolic OH excluding ortho intramolecular Hbond substituents is 1. The molecular weight excluding hydrogens is 294 g/mol. The van der Waals surface area contributed by atoms with Crippen LogP contribution in [0.4, 0.5) is 11.4 Å². The highest BCUT2D eigenvalue weighted by Gasteiger charge is 2.42. The summed E-state index contributed by atoms with van der Waals surface area (Å²) in [6.45, 7) is 3.07. The van der Waals surface area contributed by atoms with Crippen LogP contribution in [0, 0.1) is 12.3 Å². The molecule has 2 saturated heterocycles. The Morgan fingerprint density at radius 2 is 2.19 bits per heavy atom. The number of hydrazine groups is 1. The lowest BCUT2D eigenvalue weighted by atomic mass is 10.1. The van der Waals surface area contributed by atoms with Crippen molar-refractivity contribution in [3.63, 3.8) is 0 Å². The Bertz CT molecular complexity index is 660. The molecule has 0 amide bonds. The smallest absolute Gasteiger partial charge is 0.170 e. The van der Waals surface area contributed by atoms with Gasteiger partial charge in [0.25, 0.3) is 0 Å². The van der Waals surface area contributed by atoms with Crippen LogP contribution in [0.5, 0.6) is 5.75 Å². The lowest BCUT2D eigenvalue weighted by molar-refractivity contribution is -0.0122. The van der Waals surface area contributed by atoms with Crippen molar-refractivity contribution in [2.24, 2.45) is 4.99 Å². The summed E-state index contributed by atoms with van der Waals surface area (Å²) < 4.78 is 0. The van der Waals surface area contributed by atoms with Gasteiger partial charge in [0.05, 0.1) is 11.4 Å². The van der Waals surface area contributed by atoms with Crippen LogP contribution in [0.2, 0.25) is 5.02 Å². The first-order valence-corrected chi connectivity index (χ1v) is 6.96. The third-order valence-electron chi connectivity index (χ3n) is 3.78. The zero-order valence-electron chi connectivity index (χ0n) is 11.5. The number of fused-ring (bicyclic) bond motifs is 1. The van der Waals surface area contributed by atoms with Crippen molar-refractivity contribution in [2.75, 3.05) is 18.8 Å². The Hall–Kier alpha value is -1.83. The number of hydrogen-bond acceptors (Lipinski definition) is 6. The highest BCUT2D eigenvalue weighted by Crippen LogP contribution is 2.40. The molecule has 7 nitrogen and oxygen atoms in total. The number of aromatic hydroxyl groups is 1. The molecule has 8 heteroatoms. The monoisotopic (exact) mass is 309 g/mol. The van der Waals surface area contributed by atoms with Gasteiger partial charge in [-0.25, -0.2) is 4.99 Å². The van der Waals surface area contributed by atoms with E-state index in [1.807, 2.05) is 0 Å². The molecule has 0 aliphatic carbocycles. The molecule has 5 N–H and O–H groups in total. The molecule has 3 rings (SSSR count). The van der Waals surface area contributed by atoms with Gasteiger partial charge in [0.1, 0.15) is 16.5 Å². The van der Waals surface area contributed by atoms with Gasteiger partial charge in [0.15, 0.2) is 12.1 Å². The normalized spacial score (nSPS) is 24.1. The van der Waals surface area contributed by atoms with Gasteiger partial charge in [-0.05, 0) is 25.0 Å². The molecule has 21 heavy (non-hydrogen) atoms. The van der Waals surface area contributed by atoms with E-state index < -0.39 is 6.23 Å². The Morgan fingerprint density at radius 1 is 1.48 bits per heavy atom. The number of anilines is 1. The van der Waals surface area contributed by atoms with Gasteiger partial charge in [-0.15, -0.1) is 0 Å². The average molecular weight is 310 g/mol. The Morgan fingerprint density at radius 3 is 2.86 bits per heavy atom. The van der Waals surface area contributed by atoms with Crippen molar-refractivity contribution in [2.45, 2.75) is 19.6 Å². The van der Waals surface area contributed by atoms with Gasteiger partial charge in [-0.3, -0.25) is 10.4 Å². The average Bonchev–Trinajstić information content (AvgIpc) is 3.02. The Labute approximate surface area is 126 Å². The van der Waals surface area contributed by atoms with Crippen LogP contribution in [0.3, 0.4) is 0 Å². The maximum Gasteiger partial charge on any atom is 0.170 e. The van der Waals surface area contributed by atoms with Crippen molar-refractivity contribution in [3.05, 3.63) is 16.7 Å². The van der Waals surface area contributed by atoms with Crippen LogP contribution in [0.25, 0.3) is 0 Å². The fourth-order valence-corrected chi connectivity index (χ4v) is 2.86. The number of amidine groups is 1. The second-order valence-electron chi connectivity index (χ2n) is 5.15. The van der Waals surface area contributed by atoms with Crippen LogP contribution in [0.1, 0.15) is 12.0 Å². The number of rotatable bonds is 1. The number of aliphatic imine (C=N–C) groups is 1. The largest absolute Gasteiger partial charge is 0.506 e. The zero-order chi connectivity index (χ0) is 15.3. The zero-order valence-corrected chi connectivity index (χ0v) is 12.2. The molecule has 2 aliphatic rings. The molecule has 2 heterocycles. The number of aliphatic hydroxyl groups excluding tert-OH is 1. The standard InChI is InChI=1S/C13H16ClN5O2/c1-6-5-7(9(15)8(14)11(6)20)17-10-12(16)18-3-2-4-19(18)13(10)21/h5,13,16,20-21H,2-4,15H2,1H3. The van der Waals surface area contributed by atoms with Crippen LogP contribution in [-0.4, -0.2) is 51.1 Å². The maximum atomic E-state index is 10.3. The topological polar surface area (TPSA) is 109 Å². The van der Waals surface area contributed by atoms with E-state index in [-0.39, 0.29) is 28.0 Å². The van der Waals surface area contributed by atoms with Crippen LogP contribution in [0.15, 0.2) is 11.1 Å². The van der Waals surface area contributed by atoms with E-state index in [4.69, 9.17) is 22.7 Å². The SMILES string of the molecule is Cc1cc(N=C2C(=N)N3CCCN3C2O)c(N)c(Cl)c1O. The number of nitrogens with two attached hydrogens (primary N) is 1. The third-order valence-corrected chi connectivity index (χ3v) is 4.17. The molecule has 0 aromatic heterocycles. The number of nitrogens with one attached hydrogen (secondary N) is 1. The lowest BCUT2D eigenvalue weighted by Gasteiger charge is -2.20. The summed E-state index contributed by atoms with van der Waals surface area (Å²) in [5, 5.41) is 31.5. The summed E-state index contributed by atoms with van der Waals surface area (Å²) in [6.07, 6.45) is -0.0498. The van der Waals surface area contributed by atoms with Crippen LogP contribution < -0.4 is 5.73 Å². The molecule has 1 atom stereocenters. The van der Waals surface area contributed by atoms with E-state index >= 15 is 0 Å². The van der Waals surface area contributed by atoms with Gasteiger partial charge < -0.3 is 15.9 Å². The van der Waals surface area contributed by atoms with E-state index in [1.54, 1.807) is 23.0 Å². The summed E-state index contributed by atoms with van der Waals surface area (Å²) >= 11 is 5.96. The number of aliphatic hydroxyl groups is 1. The molecule has 0 saturated carbocycles. The highest BCUT2D eigenvalue weighted by molar-refractivity contribution is 6.43. The first-order valence-electron chi connectivity index (χ1n) is 6.59. The van der Waals surface area contributed by atoms with Crippen molar-refractivity contribution in [3.8, 4) is 5.75 Å². The number of benzene rings is 1. The molecule has 0 bridgehead atoms. The fourth-order valence-electron chi connectivity index (χ4n) is 2.62. The van der Waals surface area contributed by atoms with E-state index in [0.29, 0.717) is 24.3 Å². The van der Waals surface area contributed by atoms with Crippen molar-refractivity contribution in [1.82, 2.24) is 10.0 Å². The highest BCUT2D eigenvalue weighted by atomic mass is 35.5. The number of phenols is 1. The molecule has 1 unspecified atom stereocenters. The fraction of sp³-hybridized carbons (Fsp3) is 0.385. The lowest BCUT2D eigenvalue weighted by Crippen LogP contribution is -2.36. The molecule has 2 fully saturated rings. The van der Waals surface area contributed by atoms with Crippen molar-refractivity contribution < 1.29 is 10.2 Å². The number of halogens is 1. The summed E-state index contributed by atoms with van der Waals surface area (Å²) in [7, 11) is 0. The van der Waals surface area contributed by atoms with Gasteiger partial charge in [-0.2, -0.15) is 5.01 Å². The maximum absolute atomic E-state index is 10.3. The molecular formula is C13H16ClN5O2. The van der Waals surface area contributed by atoms with E-state index in [9.17, 15) is 10.2 Å². The van der Waals surface area contributed by atoms with Gasteiger partial charge in [0.2, 0.25) is 0 Å². The second kappa shape index (κ2) is 4.87. The first-order chi connectivity index (χ1) is 9.91. The number of aryl methyl sites for hydroxylation is 1. The third kappa shape index (κ3) is 2.05. The summed E-state index contributed by atoms with van der Waals surface area (Å²) in [6, 6.07) is 1.59. The number of nitrogens with zero attached hydrogens (tertiary/aromatic N) is 3. The van der Waals surface area contributed by atoms with Gasteiger partial charge in [0, 0.05) is 13.1 Å². The Kier molecular flexibility index (Phi) is 3.27. The van der Waals surface area contributed by atoms with E-state index in [0.717, 1.165) is 6.42 Å². The number of nitrogen functional groups attached to an aromatic ring is 1. The summed E-state index contributed by atoms with van der Waals surface area (Å²) in [5.41, 5.74) is 7.11. The minimum Gasteiger partial charge on any atom is -0.506 e. The van der Waals surface area contributed by atoms with Crippen molar-refractivity contribution >= 4 is 34.5 Å². The Balaban J connectivity index is 2.05. The van der Waals surface area contributed by atoms with Crippen LogP contribution >= 0.6 is 11.6 Å². The molecule has 112 valence electrons. The molecule has 1 aromatic carbocycles. The molecule has 0 spiro atoms. The predicted octanol–water partition coefficient (Wildman–Crippen LogP) is 1.24. The minimum absolute atomic E-state index is 0.0363. The first kappa shape index (κ1) is 14.1. The molecule has 1 aromatic rings. The van der Waals surface area contributed by atoms with E-state index in [1.165, 1.54) is 0 Å². The van der Waals surface area contributed by atoms with Gasteiger partial charge in [-0.1, -0.05) is 11.6 Å². The van der Waals surface area contributed by atoms with E-state index in [2.05, 4.69) is 4.99 Å². The second-order valence-corrected chi connectivity index (χ2v) is 5.53. The minimum atomic E-state index is -0.952. The molecule has 0 radical (unpaired) electrons. The summed E-state index contributed by atoms with van der Waals surface area (Å²) in [5.74, 6) is 0.0887. The van der Waals surface area contributed by atoms with Crippen LogP contribution in [-0.2, 0) is 0 Å². The quantitative estimate of drug-likeness (QED) is 0.584. The van der Waals surface area contributed by atoms with Gasteiger partial charge >= 0.3 is 0 Å².